The van der Waals surface area contributed by atoms with E-state index in [1.54, 1.807) is 30.3 Å². The standard InChI is InChI=1S/C24H28ClFN2O4/c1-30-20-13-16(14-21(31-2)24(20)32-3)9-10-22(29)27-15-19(28-11-4-5-12-28)23-17(25)7-6-8-18(23)26/h6-10,13-14,19H,4-5,11-12,15H2,1-3H3,(H,27,29). The molecule has 2 aromatic rings. The van der Waals surface area contributed by atoms with Crippen molar-refractivity contribution in [2.24, 2.45) is 0 Å². The molecule has 2 aromatic carbocycles. The molecule has 0 aromatic heterocycles. The van der Waals surface area contributed by atoms with Gasteiger partial charge in [0.2, 0.25) is 11.7 Å². The van der Waals surface area contributed by atoms with Crippen molar-refractivity contribution in [3.05, 3.63) is 58.4 Å². The quantitative estimate of drug-likeness (QED) is 0.557. The molecule has 0 spiro atoms. The summed E-state index contributed by atoms with van der Waals surface area (Å²) in [6, 6.07) is 7.82. The first-order chi connectivity index (χ1) is 15.5. The predicted molar refractivity (Wildman–Crippen MR) is 123 cm³/mol. The largest absolute Gasteiger partial charge is 0.493 e. The van der Waals surface area contributed by atoms with Gasteiger partial charge in [0.1, 0.15) is 5.82 Å². The normalized spacial score (nSPS) is 15.0. The Morgan fingerprint density at radius 2 is 1.81 bits per heavy atom. The molecule has 0 radical (unpaired) electrons. The number of nitrogens with one attached hydrogen (secondary N) is 1. The minimum Gasteiger partial charge on any atom is -0.493 e. The molecular formula is C24H28ClFN2O4. The van der Waals surface area contributed by atoms with Crippen LogP contribution in [0, 0.1) is 5.82 Å². The van der Waals surface area contributed by atoms with E-state index in [0.29, 0.717) is 33.4 Å². The number of likely N-dealkylation sites (tertiary alicyclic amines) is 1. The van der Waals surface area contributed by atoms with Crippen molar-refractivity contribution < 1.29 is 23.4 Å². The first kappa shape index (κ1) is 23.9. The van der Waals surface area contributed by atoms with Crippen LogP contribution < -0.4 is 19.5 Å². The Kier molecular flexibility index (Phi) is 8.36. The van der Waals surface area contributed by atoms with Crippen LogP contribution in [0.2, 0.25) is 5.02 Å². The van der Waals surface area contributed by atoms with Crippen LogP contribution in [-0.4, -0.2) is 51.8 Å². The average Bonchev–Trinajstić information content (AvgIpc) is 3.33. The fourth-order valence-corrected chi connectivity index (χ4v) is 4.21. The predicted octanol–water partition coefficient (Wildman–Crippen LogP) is 4.47. The van der Waals surface area contributed by atoms with Gasteiger partial charge in [0, 0.05) is 23.2 Å². The van der Waals surface area contributed by atoms with Gasteiger partial charge < -0.3 is 19.5 Å². The fourth-order valence-electron chi connectivity index (χ4n) is 3.92. The van der Waals surface area contributed by atoms with Gasteiger partial charge in [-0.25, -0.2) is 4.39 Å². The summed E-state index contributed by atoms with van der Waals surface area (Å²) in [5, 5.41) is 3.25. The Morgan fingerprint density at radius 3 is 2.38 bits per heavy atom. The van der Waals surface area contributed by atoms with Gasteiger partial charge >= 0.3 is 0 Å². The minimum absolute atomic E-state index is 0.249. The Hall–Kier alpha value is -2.77. The summed E-state index contributed by atoms with van der Waals surface area (Å²) in [5.74, 6) is 0.809. The van der Waals surface area contributed by atoms with Crippen molar-refractivity contribution in [1.29, 1.82) is 0 Å². The van der Waals surface area contributed by atoms with E-state index in [0.717, 1.165) is 25.9 Å². The molecule has 0 aliphatic carbocycles. The topological polar surface area (TPSA) is 60.0 Å². The highest BCUT2D eigenvalue weighted by atomic mass is 35.5. The highest BCUT2D eigenvalue weighted by Gasteiger charge is 2.27. The molecule has 1 fully saturated rings. The number of hydrogen-bond acceptors (Lipinski definition) is 5. The van der Waals surface area contributed by atoms with E-state index in [-0.39, 0.29) is 24.3 Å². The maximum absolute atomic E-state index is 14.6. The van der Waals surface area contributed by atoms with Crippen LogP contribution in [0.4, 0.5) is 4.39 Å². The summed E-state index contributed by atoms with van der Waals surface area (Å²) in [5.41, 5.74) is 1.13. The van der Waals surface area contributed by atoms with Crippen LogP contribution in [0.1, 0.15) is 30.0 Å². The Morgan fingerprint density at radius 1 is 1.16 bits per heavy atom. The first-order valence-electron chi connectivity index (χ1n) is 10.4. The van der Waals surface area contributed by atoms with Crippen molar-refractivity contribution in [1.82, 2.24) is 10.2 Å². The molecule has 6 nitrogen and oxygen atoms in total. The van der Waals surface area contributed by atoms with Crippen LogP contribution in [-0.2, 0) is 4.79 Å². The van der Waals surface area contributed by atoms with E-state index >= 15 is 0 Å². The van der Waals surface area contributed by atoms with Gasteiger partial charge in [-0.2, -0.15) is 0 Å². The van der Waals surface area contributed by atoms with Gasteiger partial charge in [-0.1, -0.05) is 17.7 Å². The van der Waals surface area contributed by atoms with E-state index in [1.807, 2.05) is 0 Å². The van der Waals surface area contributed by atoms with E-state index in [1.165, 1.54) is 33.5 Å². The number of ether oxygens (including phenoxy) is 3. The molecule has 1 N–H and O–H groups in total. The summed E-state index contributed by atoms with van der Waals surface area (Å²) < 4.78 is 30.6. The maximum Gasteiger partial charge on any atom is 0.244 e. The van der Waals surface area contributed by atoms with Gasteiger partial charge in [-0.05, 0) is 61.8 Å². The van der Waals surface area contributed by atoms with Crippen molar-refractivity contribution in [2.75, 3.05) is 41.0 Å². The molecule has 32 heavy (non-hydrogen) atoms. The van der Waals surface area contributed by atoms with Gasteiger partial charge in [-0.15, -0.1) is 0 Å². The van der Waals surface area contributed by atoms with Crippen LogP contribution >= 0.6 is 11.6 Å². The number of methoxy groups -OCH3 is 3. The monoisotopic (exact) mass is 462 g/mol. The van der Waals surface area contributed by atoms with Crippen LogP contribution in [0.5, 0.6) is 17.2 Å². The molecule has 1 atom stereocenters. The van der Waals surface area contributed by atoms with Crippen LogP contribution in [0.3, 0.4) is 0 Å². The molecule has 1 aliphatic rings. The molecule has 0 bridgehead atoms. The molecule has 1 amide bonds. The fraction of sp³-hybridized carbons (Fsp3) is 0.375. The molecule has 0 saturated carbocycles. The minimum atomic E-state index is -0.364. The lowest BCUT2D eigenvalue weighted by Gasteiger charge is -2.29. The zero-order chi connectivity index (χ0) is 23.1. The summed E-state index contributed by atoms with van der Waals surface area (Å²) in [6.07, 6.45) is 5.15. The number of rotatable bonds is 9. The second kappa shape index (κ2) is 11.2. The van der Waals surface area contributed by atoms with Gasteiger partial charge in [0.25, 0.3) is 0 Å². The van der Waals surface area contributed by atoms with Crippen LogP contribution in [0.15, 0.2) is 36.4 Å². The van der Waals surface area contributed by atoms with E-state index < -0.39 is 0 Å². The van der Waals surface area contributed by atoms with Gasteiger partial charge in [0.05, 0.1) is 27.4 Å². The first-order valence-corrected chi connectivity index (χ1v) is 10.8. The Bertz CT molecular complexity index is 931. The summed E-state index contributed by atoms with van der Waals surface area (Å²) >= 11 is 6.31. The Labute approximate surface area is 192 Å². The molecule has 172 valence electrons. The third kappa shape index (κ3) is 5.53. The van der Waals surface area contributed by atoms with E-state index in [2.05, 4.69) is 10.2 Å². The second-order valence-corrected chi connectivity index (χ2v) is 7.84. The average molecular weight is 463 g/mol. The summed E-state index contributed by atoms with van der Waals surface area (Å²) in [6.45, 7) is 1.93. The molecule has 1 aliphatic heterocycles. The third-order valence-corrected chi connectivity index (χ3v) is 5.83. The lowest BCUT2D eigenvalue weighted by atomic mass is 10.0. The van der Waals surface area contributed by atoms with Crippen molar-refractivity contribution >= 4 is 23.6 Å². The molecular weight excluding hydrogens is 435 g/mol. The molecule has 8 heteroatoms. The second-order valence-electron chi connectivity index (χ2n) is 7.43. The number of halogens is 2. The molecule has 3 rings (SSSR count). The lowest BCUT2D eigenvalue weighted by Crippen LogP contribution is -2.36. The molecule has 1 saturated heterocycles. The van der Waals surface area contributed by atoms with Crippen molar-refractivity contribution in [3.63, 3.8) is 0 Å². The lowest BCUT2D eigenvalue weighted by molar-refractivity contribution is -0.116. The Balaban J connectivity index is 1.74. The summed E-state index contributed by atoms with van der Waals surface area (Å²) in [4.78, 5) is 14.7. The number of carbonyl (C=O) groups excluding carboxylic acids is 1. The number of nitrogens with zero attached hydrogens (tertiary/aromatic N) is 1. The SMILES string of the molecule is COc1cc(C=CC(=O)NCC(c2c(F)cccc2Cl)N2CCCC2)cc(OC)c1OC. The summed E-state index contributed by atoms with van der Waals surface area (Å²) in [7, 11) is 4.59. The number of hydrogen-bond donors (Lipinski definition) is 1. The van der Waals surface area contributed by atoms with Gasteiger partial charge in [-0.3, -0.25) is 9.69 Å². The van der Waals surface area contributed by atoms with Crippen LogP contribution in [0.25, 0.3) is 6.08 Å². The van der Waals surface area contributed by atoms with E-state index in [4.69, 9.17) is 25.8 Å². The number of carbonyl (C=O) groups is 1. The van der Waals surface area contributed by atoms with Gasteiger partial charge in [0.15, 0.2) is 11.5 Å². The highest BCUT2D eigenvalue weighted by molar-refractivity contribution is 6.31. The maximum atomic E-state index is 14.6. The van der Waals surface area contributed by atoms with E-state index in [9.17, 15) is 9.18 Å². The van der Waals surface area contributed by atoms with Crippen molar-refractivity contribution in [3.8, 4) is 17.2 Å². The zero-order valence-corrected chi connectivity index (χ0v) is 19.2. The zero-order valence-electron chi connectivity index (χ0n) is 18.5. The smallest absolute Gasteiger partial charge is 0.244 e. The number of benzene rings is 2. The number of amides is 1. The molecule has 1 unspecified atom stereocenters. The van der Waals surface area contributed by atoms with Crippen molar-refractivity contribution in [2.45, 2.75) is 18.9 Å². The third-order valence-electron chi connectivity index (χ3n) is 5.50. The molecule has 1 heterocycles. The highest BCUT2D eigenvalue weighted by Crippen LogP contribution is 2.38.